The van der Waals surface area contributed by atoms with E-state index in [-0.39, 0.29) is 0 Å². The Labute approximate surface area is 82.4 Å². The van der Waals surface area contributed by atoms with Gasteiger partial charge in [-0.25, -0.2) is 0 Å². The summed E-state index contributed by atoms with van der Waals surface area (Å²) in [5.41, 5.74) is 0. The fourth-order valence-electron chi connectivity index (χ4n) is 1.77. The second-order valence-electron chi connectivity index (χ2n) is 3.39. The summed E-state index contributed by atoms with van der Waals surface area (Å²) in [5.74, 6) is 0.967. The highest BCUT2D eigenvalue weighted by Gasteiger charge is 2.27. The molecule has 0 aromatic carbocycles. The number of halogens is 1. The molecule has 1 aliphatic rings. The lowest BCUT2D eigenvalue weighted by molar-refractivity contribution is -0.127. The maximum Gasteiger partial charge on any atom is 0.222 e. The van der Waals surface area contributed by atoms with E-state index in [0.717, 1.165) is 24.8 Å². The van der Waals surface area contributed by atoms with Gasteiger partial charge in [-0.3, -0.25) is 4.79 Å². The van der Waals surface area contributed by atoms with Crippen molar-refractivity contribution in [2.45, 2.75) is 26.2 Å². The van der Waals surface area contributed by atoms with E-state index >= 15 is 0 Å². The highest BCUT2D eigenvalue weighted by molar-refractivity contribution is 9.09. The largest absolute Gasteiger partial charge is 0.342 e. The third-order valence-electron chi connectivity index (χ3n) is 2.35. The van der Waals surface area contributed by atoms with Crippen LogP contribution in [0.15, 0.2) is 0 Å². The van der Waals surface area contributed by atoms with Crippen LogP contribution >= 0.6 is 15.9 Å². The van der Waals surface area contributed by atoms with Crippen LogP contribution in [0, 0.1) is 5.92 Å². The van der Waals surface area contributed by atoms with Gasteiger partial charge in [-0.1, -0.05) is 29.3 Å². The number of likely N-dealkylation sites (tertiary alicyclic amines) is 1. The number of carbonyl (C=O) groups excluding carboxylic acids is 1. The Hall–Kier alpha value is -0.0500. The summed E-state index contributed by atoms with van der Waals surface area (Å²) in [5, 5.41) is 0.900. The van der Waals surface area contributed by atoms with Gasteiger partial charge in [0.05, 0.1) is 0 Å². The molecule has 0 bridgehead atoms. The average Bonchev–Trinajstić information content (AvgIpc) is 2.34. The molecule has 0 aromatic rings. The van der Waals surface area contributed by atoms with Gasteiger partial charge in [0.2, 0.25) is 5.91 Å². The van der Waals surface area contributed by atoms with Crippen LogP contribution in [0.25, 0.3) is 0 Å². The molecule has 0 aliphatic carbocycles. The first-order chi connectivity index (χ1) is 5.77. The van der Waals surface area contributed by atoms with E-state index in [2.05, 4.69) is 22.9 Å². The minimum Gasteiger partial charge on any atom is -0.342 e. The molecule has 1 fully saturated rings. The first-order valence-electron chi connectivity index (χ1n) is 4.61. The van der Waals surface area contributed by atoms with Crippen LogP contribution < -0.4 is 0 Å². The van der Waals surface area contributed by atoms with Crippen molar-refractivity contribution in [1.29, 1.82) is 0 Å². The van der Waals surface area contributed by atoms with Crippen LogP contribution in [0.1, 0.15) is 26.2 Å². The van der Waals surface area contributed by atoms with Crippen molar-refractivity contribution in [3.8, 4) is 0 Å². The minimum absolute atomic E-state index is 0.341. The lowest BCUT2D eigenvalue weighted by Crippen LogP contribution is -2.27. The second kappa shape index (κ2) is 4.85. The Morgan fingerprint density at radius 2 is 2.42 bits per heavy atom. The Morgan fingerprint density at radius 3 is 3.00 bits per heavy atom. The van der Waals surface area contributed by atoms with Crippen LogP contribution in [0.3, 0.4) is 0 Å². The topological polar surface area (TPSA) is 20.3 Å². The number of hydrogen-bond acceptors (Lipinski definition) is 1. The van der Waals surface area contributed by atoms with E-state index in [9.17, 15) is 4.79 Å². The van der Waals surface area contributed by atoms with Crippen molar-refractivity contribution in [2.75, 3.05) is 18.4 Å². The molecule has 2 nitrogen and oxygen atoms in total. The van der Waals surface area contributed by atoms with E-state index in [1.807, 2.05) is 4.90 Å². The summed E-state index contributed by atoms with van der Waals surface area (Å²) in [4.78, 5) is 13.3. The van der Waals surface area contributed by atoms with Gasteiger partial charge in [0.1, 0.15) is 0 Å². The van der Waals surface area contributed by atoms with E-state index in [0.29, 0.717) is 11.8 Å². The van der Waals surface area contributed by atoms with Gasteiger partial charge in [0.15, 0.2) is 0 Å². The lowest BCUT2D eigenvalue weighted by Gasteiger charge is -2.14. The second-order valence-corrected chi connectivity index (χ2v) is 4.18. The van der Waals surface area contributed by atoms with Crippen LogP contribution in [0.2, 0.25) is 0 Å². The minimum atomic E-state index is 0.341. The van der Waals surface area contributed by atoms with Gasteiger partial charge >= 0.3 is 0 Å². The first-order valence-corrected chi connectivity index (χ1v) is 5.73. The summed E-state index contributed by atoms with van der Waals surface area (Å²) in [6.07, 6.45) is 3.17. The summed E-state index contributed by atoms with van der Waals surface area (Å²) >= 11 is 3.35. The first kappa shape index (κ1) is 10.0. The van der Waals surface area contributed by atoms with Crippen molar-refractivity contribution in [3.05, 3.63) is 0 Å². The van der Waals surface area contributed by atoms with Crippen molar-refractivity contribution in [2.24, 2.45) is 5.92 Å². The zero-order valence-electron chi connectivity index (χ0n) is 7.55. The van der Waals surface area contributed by atoms with Gasteiger partial charge in [0, 0.05) is 24.8 Å². The van der Waals surface area contributed by atoms with Gasteiger partial charge in [0.25, 0.3) is 0 Å². The number of rotatable bonds is 4. The average molecular weight is 234 g/mol. The Bertz CT molecular complexity index is 161. The molecular formula is C9H16BrNO. The van der Waals surface area contributed by atoms with Gasteiger partial charge in [-0.2, -0.15) is 0 Å². The molecule has 1 heterocycles. The molecule has 0 spiro atoms. The monoisotopic (exact) mass is 233 g/mol. The van der Waals surface area contributed by atoms with Crippen LogP contribution in [-0.2, 0) is 4.79 Å². The Kier molecular flexibility index (Phi) is 4.06. The third kappa shape index (κ3) is 2.47. The van der Waals surface area contributed by atoms with Crippen molar-refractivity contribution in [1.82, 2.24) is 4.90 Å². The Balaban J connectivity index is 2.34. The lowest BCUT2D eigenvalue weighted by atomic mass is 10.0. The quantitative estimate of drug-likeness (QED) is 0.681. The maximum absolute atomic E-state index is 11.4. The number of amides is 1. The molecule has 12 heavy (non-hydrogen) atoms. The van der Waals surface area contributed by atoms with Crippen molar-refractivity contribution < 1.29 is 4.79 Å². The summed E-state index contributed by atoms with van der Waals surface area (Å²) in [7, 11) is 0. The molecule has 1 saturated heterocycles. The molecule has 1 unspecified atom stereocenters. The highest BCUT2D eigenvalue weighted by Crippen LogP contribution is 2.21. The molecule has 3 heteroatoms. The van der Waals surface area contributed by atoms with E-state index in [4.69, 9.17) is 0 Å². The van der Waals surface area contributed by atoms with Crippen molar-refractivity contribution in [3.63, 3.8) is 0 Å². The van der Waals surface area contributed by atoms with E-state index < -0.39 is 0 Å². The number of carbonyl (C=O) groups is 1. The summed E-state index contributed by atoms with van der Waals surface area (Å²) in [6.45, 7) is 4.04. The number of alkyl halides is 1. The highest BCUT2D eigenvalue weighted by atomic mass is 79.9. The number of hydrogen-bond donors (Lipinski definition) is 0. The van der Waals surface area contributed by atoms with E-state index in [1.165, 1.54) is 12.8 Å². The van der Waals surface area contributed by atoms with E-state index in [1.54, 1.807) is 0 Å². The molecule has 0 N–H and O–H groups in total. The SMILES string of the molecule is CCCC1CC(=O)N(CCBr)C1. The fourth-order valence-corrected chi connectivity index (χ4v) is 2.20. The van der Waals surface area contributed by atoms with Gasteiger partial charge in [-0.05, 0) is 12.3 Å². The van der Waals surface area contributed by atoms with Gasteiger partial charge < -0.3 is 4.90 Å². The van der Waals surface area contributed by atoms with Crippen LogP contribution in [0.5, 0.6) is 0 Å². The van der Waals surface area contributed by atoms with Gasteiger partial charge in [-0.15, -0.1) is 0 Å². The standard InChI is InChI=1S/C9H16BrNO/c1-2-3-8-6-9(12)11(7-8)5-4-10/h8H,2-7H2,1H3. The normalized spacial score (nSPS) is 23.7. The molecule has 1 rings (SSSR count). The smallest absolute Gasteiger partial charge is 0.222 e. The predicted molar refractivity (Wildman–Crippen MR) is 53.4 cm³/mol. The molecule has 0 saturated carbocycles. The maximum atomic E-state index is 11.4. The zero-order chi connectivity index (χ0) is 8.97. The third-order valence-corrected chi connectivity index (χ3v) is 2.70. The summed E-state index contributed by atoms with van der Waals surface area (Å²) < 4.78 is 0. The fraction of sp³-hybridized carbons (Fsp3) is 0.889. The molecule has 70 valence electrons. The molecule has 0 radical (unpaired) electrons. The molecule has 1 aliphatic heterocycles. The van der Waals surface area contributed by atoms with Crippen LogP contribution in [0.4, 0.5) is 0 Å². The molecular weight excluding hydrogens is 218 g/mol. The van der Waals surface area contributed by atoms with Crippen LogP contribution in [-0.4, -0.2) is 29.2 Å². The zero-order valence-corrected chi connectivity index (χ0v) is 9.14. The van der Waals surface area contributed by atoms with Crippen molar-refractivity contribution >= 4 is 21.8 Å². The Morgan fingerprint density at radius 1 is 1.67 bits per heavy atom. The molecule has 0 aromatic heterocycles. The summed E-state index contributed by atoms with van der Waals surface area (Å²) in [6, 6.07) is 0. The molecule has 1 atom stereocenters. The molecule has 1 amide bonds. The predicted octanol–water partition coefficient (Wildman–Crippen LogP) is 2.03. The number of nitrogens with zero attached hydrogens (tertiary/aromatic N) is 1.